The van der Waals surface area contributed by atoms with Crippen LogP contribution in [0.5, 0.6) is 5.75 Å². The highest BCUT2D eigenvalue weighted by Crippen LogP contribution is 2.63. The number of hydrogen-bond donors (Lipinski definition) is 6. The Bertz CT molecular complexity index is 1140. The van der Waals surface area contributed by atoms with Crippen LogP contribution >= 0.6 is 11.6 Å². The van der Waals surface area contributed by atoms with Gasteiger partial charge < -0.3 is 44.8 Å². The molecule has 6 N–H and O–H groups in total. The zero-order valence-corrected chi connectivity index (χ0v) is 23.9. The minimum atomic E-state index is -1.75. The Kier molecular flexibility index (Phi) is 9.51. The molecule has 4 rings (SSSR count). The van der Waals surface area contributed by atoms with Crippen molar-refractivity contribution in [1.82, 2.24) is 0 Å². The molecule has 0 heterocycles. The van der Waals surface area contributed by atoms with Gasteiger partial charge in [-0.05, 0) is 68.5 Å². The molecular formula is C30H41ClO9. The van der Waals surface area contributed by atoms with E-state index in [2.05, 4.69) is 0 Å². The molecule has 2 aromatic carbocycles. The molecule has 40 heavy (non-hydrogen) atoms. The second kappa shape index (κ2) is 12.2. The molecule has 2 fully saturated rings. The smallest absolute Gasteiger partial charge is 0.119 e. The van der Waals surface area contributed by atoms with E-state index in [-0.39, 0.29) is 6.42 Å². The van der Waals surface area contributed by atoms with E-state index >= 15 is 0 Å². The summed E-state index contributed by atoms with van der Waals surface area (Å²) in [6.07, 6.45) is -7.77. The van der Waals surface area contributed by atoms with Crippen LogP contribution in [0.2, 0.25) is 5.02 Å². The summed E-state index contributed by atoms with van der Waals surface area (Å²) >= 11 is 6.54. The molecule has 10 heteroatoms. The Morgan fingerprint density at radius 1 is 0.900 bits per heavy atom. The van der Waals surface area contributed by atoms with Gasteiger partial charge in [0.05, 0.1) is 60.7 Å². The first-order valence-corrected chi connectivity index (χ1v) is 14.1. The van der Waals surface area contributed by atoms with Crippen LogP contribution in [0.3, 0.4) is 0 Å². The number of rotatable bonds is 12. The number of halogens is 1. The number of fused-ring (bicyclic) bond motifs is 2. The molecule has 0 radical (unpaired) electrons. The predicted octanol–water partition coefficient (Wildman–Crippen LogP) is 1.58. The van der Waals surface area contributed by atoms with Crippen LogP contribution in [-0.4, -0.2) is 99.8 Å². The first-order valence-electron chi connectivity index (χ1n) is 13.7. The maximum atomic E-state index is 11.6. The molecule has 9 nitrogen and oxygen atoms in total. The van der Waals surface area contributed by atoms with E-state index in [0.29, 0.717) is 61.4 Å². The van der Waals surface area contributed by atoms with Crippen molar-refractivity contribution in [2.75, 3.05) is 33.0 Å². The van der Waals surface area contributed by atoms with E-state index in [0.717, 1.165) is 5.56 Å². The van der Waals surface area contributed by atoms with Gasteiger partial charge in [-0.2, -0.15) is 0 Å². The van der Waals surface area contributed by atoms with Crippen LogP contribution in [0, 0.1) is 5.41 Å². The zero-order chi connectivity index (χ0) is 29.3. The Hall–Kier alpha value is -1.79. The fourth-order valence-electron chi connectivity index (χ4n) is 6.56. The lowest BCUT2D eigenvalue weighted by Crippen LogP contribution is -2.72. The van der Waals surface area contributed by atoms with Gasteiger partial charge in [0.1, 0.15) is 18.5 Å². The topological polar surface area (TPSA) is 149 Å². The molecule has 2 unspecified atom stereocenters. The van der Waals surface area contributed by atoms with E-state index in [9.17, 15) is 30.6 Å². The van der Waals surface area contributed by atoms with E-state index < -0.39 is 47.0 Å². The van der Waals surface area contributed by atoms with E-state index in [1.54, 1.807) is 18.2 Å². The van der Waals surface area contributed by atoms with Crippen LogP contribution in [-0.2, 0) is 21.3 Å². The predicted molar refractivity (Wildman–Crippen MR) is 149 cm³/mol. The van der Waals surface area contributed by atoms with Crippen molar-refractivity contribution in [3.05, 3.63) is 64.2 Å². The Balaban J connectivity index is 1.53. The summed E-state index contributed by atoms with van der Waals surface area (Å²) in [6.45, 7) is 7.35. The van der Waals surface area contributed by atoms with Gasteiger partial charge in [-0.15, -0.1) is 0 Å². The number of hydrogen-bond acceptors (Lipinski definition) is 9. The van der Waals surface area contributed by atoms with E-state index in [4.69, 9.17) is 25.8 Å². The first kappa shape index (κ1) is 31.2. The quantitative estimate of drug-likeness (QED) is 0.206. The van der Waals surface area contributed by atoms with Crippen molar-refractivity contribution in [1.29, 1.82) is 0 Å². The summed E-state index contributed by atoms with van der Waals surface area (Å²) in [5.41, 5.74) is -3.13. The van der Waals surface area contributed by atoms with Gasteiger partial charge in [-0.1, -0.05) is 35.9 Å². The lowest BCUT2D eigenvalue weighted by molar-refractivity contribution is -0.254. The Morgan fingerprint density at radius 2 is 1.55 bits per heavy atom. The number of aliphatic hydroxyl groups is 6. The molecule has 0 spiro atoms. The first-order chi connectivity index (χ1) is 18.9. The molecule has 0 saturated heterocycles. The average molecular weight is 581 g/mol. The number of benzene rings is 2. The lowest BCUT2D eigenvalue weighted by Gasteiger charge is -2.56. The molecule has 7 atom stereocenters. The third-order valence-electron chi connectivity index (χ3n) is 8.76. The van der Waals surface area contributed by atoms with Gasteiger partial charge in [0.2, 0.25) is 0 Å². The van der Waals surface area contributed by atoms with Gasteiger partial charge in [0, 0.05) is 11.6 Å². The third kappa shape index (κ3) is 5.28. The summed E-state index contributed by atoms with van der Waals surface area (Å²) in [7, 11) is 0. The van der Waals surface area contributed by atoms with Gasteiger partial charge in [0.15, 0.2) is 0 Å². The lowest BCUT2D eigenvalue weighted by atomic mass is 9.55. The maximum absolute atomic E-state index is 11.6. The fourth-order valence-corrected chi connectivity index (χ4v) is 6.75. The van der Waals surface area contributed by atoms with Crippen molar-refractivity contribution in [3.8, 4) is 5.75 Å². The average Bonchev–Trinajstić information content (AvgIpc) is 3.13. The molecule has 0 amide bonds. The normalized spacial score (nSPS) is 31.9. The molecule has 0 aliphatic heterocycles. The minimum Gasteiger partial charge on any atom is -0.491 e. The Morgan fingerprint density at radius 3 is 2.20 bits per heavy atom. The van der Waals surface area contributed by atoms with Gasteiger partial charge in [0.25, 0.3) is 0 Å². The van der Waals surface area contributed by atoms with Crippen LogP contribution in [0.25, 0.3) is 0 Å². The highest BCUT2D eigenvalue weighted by Gasteiger charge is 2.77. The number of aliphatic hydroxyl groups excluding tert-OH is 5. The van der Waals surface area contributed by atoms with Gasteiger partial charge in [-0.3, -0.25) is 0 Å². The van der Waals surface area contributed by atoms with Crippen molar-refractivity contribution in [2.24, 2.45) is 5.41 Å². The van der Waals surface area contributed by atoms with E-state index in [1.165, 1.54) is 13.8 Å². The molecular weight excluding hydrogens is 540 g/mol. The molecule has 2 aliphatic carbocycles. The number of ether oxygens (including phenoxy) is 3. The molecule has 0 aromatic heterocycles. The van der Waals surface area contributed by atoms with E-state index in [1.807, 2.05) is 31.2 Å². The summed E-state index contributed by atoms with van der Waals surface area (Å²) in [5, 5.41) is 67.4. The van der Waals surface area contributed by atoms with Crippen LogP contribution in [0.4, 0.5) is 0 Å². The summed E-state index contributed by atoms with van der Waals surface area (Å²) in [4.78, 5) is 0. The second-order valence-corrected chi connectivity index (χ2v) is 11.7. The van der Waals surface area contributed by atoms with Crippen LogP contribution in [0.1, 0.15) is 43.9 Å². The SMILES string of the molecule is CCOCCOCCOc1ccc(Cc2cc([C@]34C(O)C[C@](C(C)(C)O)(C3O)[C@H](O)[C@@H](O)[C@@H]4O)ccc2Cl)cc1. The largest absolute Gasteiger partial charge is 0.491 e. The fraction of sp³-hybridized carbons (Fsp3) is 0.600. The Labute approximate surface area is 239 Å². The summed E-state index contributed by atoms with van der Waals surface area (Å²) < 4.78 is 16.4. The third-order valence-corrected chi connectivity index (χ3v) is 9.13. The monoisotopic (exact) mass is 580 g/mol. The van der Waals surface area contributed by atoms with Crippen LogP contribution in [0.15, 0.2) is 42.5 Å². The minimum absolute atomic E-state index is 0.218. The second-order valence-electron chi connectivity index (χ2n) is 11.3. The highest BCUT2D eigenvalue weighted by molar-refractivity contribution is 6.31. The van der Waals surface area contributed by atoms with Crippen molar-refractivity contribution in [2.45, 2.75) is 75.1 Å². The zero-order valence-electron chi connectivity index (χ0n) is 23.2. The molecule has 222 valence electrons. The molecule has 2 aliphatic rings. The summed E-state index contributed by atoms with van der Waals surface area (Å²) in [6, 6.07) is 12.4. The highest BCUT2D eigenvalue weighted by atomic mass is 35.5. The van der Waals surface area contributed by atoms with Crippen molar-refractivity contribution >= 4 is 11.6 Å². The van der Waals surface area contributed by atoms with Crippen LogP contribution < -0.4 is 4.74 Å². The van der Waals surface area contributed by atoms with Gasteiger partial charge in [-0.25, -0.2) is 0 Å². The standard InChI is InChI=1S/C30H41ClO9/c1-4-38-11-12-39-13-14-40-21-8-5-18(6-9-21)15-19-16-20(7-10-22(19)31)30-23(32)17-29(27(30)36,28(2,3)37)25(34)24(33)26(30)35/h5-10,16,23-27,32-37H,4,11-15,17H2,1-3H3/t23?,24-,25-,26+,27?,29-,30-/m1/s1. The van der Waals surface area contributed by atoms with Crippen molar-refractivity contribution < 1.29 is 44.8 Å². The molecule has 2 bridgehead atoms. The van der Waals surface area contributed by atoms with Crippen molar-refractivity contribution in [3.63, 3.8) is 0 Å². The maximum Gasteiger partial charge on any atom is 0.119 e. The molecule has 2 saturated carbocycles. The molecule has 2 aromatic rings. The summed E-state index contributed by atoms with van der Waals surface area (Å²) in [5.74, 6) is 0.689. The van der Waals surface area contributed by atoms with Gasteiger partial charge >= 0.3 is 0 Å².